The summed E-state index contributed by atoms with van der Waals surface area (Å²) in [6.45, 7) is 11.4. The molecule has 0 fully saturated rings. The summed E-state index contributed by atoms with van der Waals surface area (Å²) in [4.78, 5) is 38.0. The number of rotatable bonds is 48. The molecule has 60 heavy (non-hydrogen) atoms. The topological polar surface area (TPSA) is 78.9 Å². The van der Waals surface area contributed by atoms with Crippen molar-refractivity contribution in [3.8, 4) is 0 Å². The lowest BCUT2D eigenvalue weighted by atomic mass is 10.00. The van der Waals surface area contributed by atoms with E-state index in [1.807, 2.05) is 0 Å². The molecule has 0 N–H and O–H groups in total. The Morgan fingerprint density at radius 2 is 0.633 bits per heavy atom. The normalized spacial score (nSPS) is 12.5. The molecule has 0 amide bonds. The van der Waals surface area contributed by atoms with Gasteiger partial charge in [-0.15, -0.1) is 0 Å². The Kier molecular flexibility index (Phi) is 45.7. The molecule has 0 rings (SSSR count). The Morgan fingerprint density at radius 3 is 0.950 bits per heavy atom. The molecule has 0 spiro atoms. The Balaban J connectivity index is 4.28. The summed E-state index contributed by atoms with van der Waals surface area (Å²) >= 11 is 0. The quantitative estimate of drug-likeness (QED) is 0.0345. The van der Waals surface area contributed by atoms with E-state index >= 15 is 0 Å². The molecule has 0 aromatic rings. The monoisotopic (exact) mass is 849 g/mol. The summed E-state index contributed by atoms with van der Waals surface area (Å²) in [7, 11) is 0. The van der Waals surface area contributed by atoms with E-state index in [1.165, 1.54) is 186 Å². The maximum atomic E-state index is 12.8. The zero-order valence-corrected chi connectivity index (χ0v) is 41.1. The number of hydrogen-bond donors (Lipinski definition) is 0. The fraction of sp³-hybridized carbons (Fsp3) is 0.944. The second-order valence-corrected chi connectivity index (χ2v) is 19.2. The molecule has 0 bridgehead atoms. The van der Waals surface area contributed by atoms with Gasteiger partial charge >= 0.3 is 17.9 Å². The van der Waals surface area contributed by atoms with Crippen LogP contribution in [0.3, 0.4) is 0 Å². The molecule has 0 saturated heterocycles. The van der Waals surface area contributed by atoms with Gasteiger partial charge in [0.15, 0.2) is 6.10 Å². The van der Waals surface area contributed by atoms with Crippen molar-refractivity contribution in [2.45, 2.75) is 304 Å². The van der Waals surface area contributed by atoms with Gasteiger partial charge in [-0.2, -0.15) is 0 Å². The van der Waals surface area contributed by atoms with Gasteiger partial charge < -0.3 is 14.2 Å². The minimum absolute atomic E-state index is 0.0640. The second kappa shape index (κ2) is 46.9. The van der Waals surface area contributed by atoms with Gasteiger partial charge in [0.2, 0.25) is 0 Å². The SMILES string of the molecule is CCCCCCCCCCCCCCCCCC(=O)O[C@H](COC(=O)CCCCCCCCCCCCCCCCC(C)C)COC(=O)CCCCCCCCC(C)CC. The average Bonchev–Trinajstić information content (AvgIpc) is 3.23. The van der Waals surface area contributed by atoms with Crippen molar-refractivity contribution < 1.29 is 28.6 Å². The van der Waals surface area contributed by atoms with Crippen LogP contribution in [0.1, 0.15) is 298 Å². The highest BCUT2D eigenvalue weighted by atomic mass is 16.6. The van der Waals surface area contributed by atoms with Crippen molar-refractivity contribution in [2.75, 3.05) is 13.2 Å². The number of carbonyl (C=O) groups excluding carboxylic acids is 3. The van der Waals surface area contributed by atoms with Crippen molar-refractivity contribution in [3.63, 3.8) is 0 Å². The number of esters is 3. The average molecular weight is 849 g/mol. The third-order valence-corrected chi connectivity index (χ3v) is 12.6. The lowest BCUT2D eigenvalue weighted by Gasteiger charge is -2.18. The lowest BCUT2D eigenvalue weighted by Crippen LogP contribution is -2.30. The van der Waals surface area contributed by atoms with E-state index in [0.717, 1.165) is 69.6 Å². The first kappa shape index (κ1) is 58.4. The third kappa shape index (κ3) is 45.9. The number of ether oxygens (including phenoxy) is 3. The first-order valence-electron chi connectivity index (χ1n) is 26.8. The minimum atomic E-state index is -0.762. The highest BCUT2D eigenvalue weighted by Gasteiger charge is 2.19. The third-order valence-electron chi connectivity index (χ3n) is 12.6. The molecule has 0 heterocycles. The minimum Gasteiger partial charge on any atom is -0.462 e. The molecule has 0 radical (unpaired) electrons. The van der Waals surface area contributed by atoms with Gasteiger partial charge in [0.25, 0.3) is 0 Å². The van der Waals surface area contributed by atoms with Gasteiger partial charge in [-0.3, -0.25) is 14.4 Å². The molecule has 0 aliphatic rings. The summed E-state index contributed by atoms with van der Waals surface area (Å²) in [5.74, 6) is 0.811. The smallest absolute Gasteiger partial charge is 0.306 e. The Labute approximate surface area is 374 Å². The standard InChI is InChI=1S/C54H104O6/c1-6-8-9-10-11-12-13-14-15-20-23-26-29-36-41-46-54(57)60-51(48-59-53(56)45-40-35-31-30-33-38-43-50(5)7-2)47-58-52(55)44-39-34-28-25-22-19-17-16-18-21-24-27-32-37-42-49(3)4/h49-51H,6-48H2,1-5H3/t50?,51-/m1/s1. The number of unbranched alkanes of at least 4 members (excludes halogenated alkanes) is 32. The van der Waals surface area contributed by atoms with Crippen LogP contribution in [0.2, 0.25) is 0 Å². The Morgan fingerprint density at radius 1 is 0.350 bits per heavy atom. The fourth-order valence-electron chi connectivity index (χ4n) is 8.13. The highest BCUT2D eigenvalue weighted by molar-refractivity contribution is 5.71. The van der Waals surface area contributed by atoms with Crippen LogP contribution in [0.5, 0.6) is 0 Å². The van der Waals surface area contributed by atoms with E-state index in [9.17, 15) is 14.4 Å². The van der Waals surface area contributed by atoms with E-state index in [2.05, 4.69) is 34.6 Å². The Bertz CT molecular complexity index is 918. The second-order valence-electron chi connectivity index (χ2n) is 19.2. The largest absolute Gasteiger partial charge is 0.462 e. The highest BCUT2D eigenvalue weighted by Crippen LogP contribution is 2.18. The molecular weight excluding hydrogens is 745 g/mol. The zero-order valence-electron chi connectivity index (χ0n) is 41.1. The van der Waals surface area contributed by atoms with Crippen LogP contribution in [-0.4, -0.2) is 37.2 Å². The first-order chi connectivity index (χ1) is 29.3. The zero-order chi connectivity index (χ0) is 44.0. The predicted octanol–water partition coefficient (Wildman–Crippen LogP) is 17.3. The molecule has 356 valence electrons. The van der Waals surface area contributed by atoms with Gasteiger partial charge in [0.1, 0.15) is 13.2 Å². The molecule has 6 nitrogen and oxygen atoms in total. The summed E-state index contributed by atoms with van der Waals surface area (Å²) in [5, 5.41) is 0. The predicted molar refractivity (Wildman–Crippen MR) is 256 cm³/mol. The molecule has 2 atom stereocenters. The molecule has 0 aliphatic heterocycles. The Hall–Kier alpha value is -1.59. The lowest BCUT2D eigenvalue weighted by molar-refractivity contribution is -0.167. The van der Waals surface area contributed by atoms with Crippen LogP contribution in [0.15, 0.2) is 0 Å². The summed E-state index contributed by atoms with van der Waals surface area (Å²) in [6.07, 6.45) is 48.0. The van der Waals surface area contributed by atoms with E-state index in [0.29, 0.717) is 19.3 Å². The van der Waals surface area contributed by atoms with Crippen molar-refractivity contribution in [3.05, 3.63) is 0 Å². The van der Waals surface area contributed by atoms with Crippen LogP contribution in [0.25, 0.3) is 0 Å². The van der Waals surface area contributed by atoms with Crippen LogP contribution >= 0.6 is 0 Å². The molecule has 6 heteroatoms. The van der Waals surface area contributed by atoms with Crippen molar-refractivity contribution in [1.29, 1.82) is 0 Å². The van der Waals surface area contributed by atoms with Gasteiger partial charge in [0.05, 0.1) is 0 Å². The van der Waals surface area contributed by atoms with Crippen LogP contribution in [0.4, 0.5) is 0 Å². The maximum Gasteiger partial charge on any atom is 0.306 e. The van der Waals surface area contributed by atoms with Crippen LogP contribution < -0.4 is 0 Å². The van der Waals surface area contributed by atoms with Crippen molar-refractivity contribution >= 4 is 17.9 Å². The molecule has 0 aromatic heterocycles. The van der Waals surface area contributed by atoms with Gasteiger partial charge in [-0.25, -0.2) is 0 Å². The van der Waals surface area contributed by atoms with E-state index in [4.69, 9.17) is 14.2 Å². The summed E-state index contributed by atoms with van der Waals surface area (Å²) in [5.41, 5.74) is 0. The molecule has 1 unspecified atom stereocenters. The first-order valence-corrected chi connectivity index (χ1v) is 26.8. The number of carbonyl (C=O) groups is 3. The molecule has 0 saturated carbocycles. The maximum absolute atomic E-state index is 12.8. The van der Waals surface area contributed by atoms with E-state index in [-0.39, 0.29) is 31.1 Å². The van der Waals surface area contributed by atoms with E-state index < -0.39 is 6.10 Å². The fourth-order valence-corrected chi connectivity index (χ4v) is 8.13. The molecule has 0 aromatic carbocycles. The molecular formula is C54H104O6. The van der Waals surface area contributed by atoms with Gasteiger partial charge in [-0.05, 0) is 31.1 Å². The van der Waals surface area contributed by atoms with Crippen molar-refractivity contribution in [2.24, 2.45) is 11.8 Å². The molecule has 0 aliphatic carbocycles. The van der Waals surface area contributed by atoms with E-state index in [1.54, 1.807) is 0 Å². The van der Waals surface area contributed by atoms with Crippen LogP contribution in [-0.2, 0) is 28.6 Å². The summed E-state index contributed by atoms with van der Waals surface area (Å²) < 4.78 is 16.8. The van der Waals surface area contributed by atoms with Gasteiger partial charge in [-0.1, -0.05) is 259 Å². The number of hydrogen-bond acceptors (Lipinski definition) is 6. The van der Waals surface area contributed by atoms with Crippen LogP contribution in [0, 0.1) is 11.8 Å². The summed E-state index contributed by atoms with van der Waals surface area (Å²) in [6, 6.07) is 0. The van der Waals surface area contributed by atoms with Gasteiger partial charge in [0, 0.05) is 19.3 Å². The van der Waals surface area contributed by atoms with Crippen molar-refractivity contribution in [1.82, 2.24) is 0 Å².